The van der Waals surface area contributed by atoms with Crippen LogP contribution < -0.4 is 5.32 Å². The largest absolute Gasteiger partial charge is 0.464 e. The highest BCUT2D eigenvalue weighted by atomic mass is 79.9. The Morgan fingerprint density at radius 2 is 2.10 bits per heavy atom. The van der Waals surface area contributed by atoms with Gasteiger partial charge in [-0.3, -0.25) is 4.79 Å². The molecule has 0 spiro atoms. The number of nitrogens with zero attached hydrogens (tertiary/aromatic N) is 1. The van der Waals surface area contributed by atoms with Crippen molar-refractivity contribution in [1.29, 1.82) is 0 Å². The van der Waals surface area contributed by atoms with Crippen molar-refractivity contribution in [2.45, 2.75) is 13.8 Å². The lowest BCUT2D eigenvalue weighted by atomic mass is 10.2. The van der Waals surface area contributed by atoms with Crippen LogP contribution in [0.4, 0.5) is 10.8 Å². The number of Topliss-reactive ketones (excluding diaryl/α,β-unsaturated/α-hetero) is 1. The van der Waals surface area contributed by atoms with E-state index in [9.17, 15) is 9.59 Å². The molecule has 0 amide bonds. The number of hydrogen-bond acceptors (Lipinski definition) is 6. The first-order valence-corrected chi connectivity index (χ1v) is 7.66. The number of hydrogen-bond donors (Lipinski definition) is 1. The fourth-order valence-corrected chi connectivity index (χ4v) is 2.89. The summed E-state index contributed by atoms with van der Waals surface area (Å²) in [4.78, 5) is 27.7. The maximum atomic E-state index is 11.6. The smallest absolute Gasteiger partial charge is 0.358 e. The molecule has 0 aliphatic heterocycles. The summed E-state index contributed by atoms with van der Waals surface area (Å²) >= 11 is 4.58. The van der Waals surface area contributed by atoms with E-state index in [0.29, 0.717) is 5.13 Å². The molecule has 0 saturated carbocycles. The van der Waals surface area contributed by atoms with Crippen molar-refractivity contribution >= 4 is 49.8 Å². The van der Waals surface area contributed by atoms with Crippen LogP contribution in [0.3, 0.4) is 0 Å². The Morgan fingerprint density at radius 1 is 1.38 bits per heavy atom. The zero-order valence-corrected chi connectivity index (χ0v) is 14.1. The van der Waals surface area contributed by atoms with Gasteiger partial charge in [0.2, 0.25) is 0 Å². The summed E-state index contributed by atoms with van der Waals surface area (Å²) < 4.78 is 5.61. The van der Waals surface area contributed by atoms with Gasteiger partial charge in [0.25, 0.3) is 0 Å². The quantitative estimate of drug-likeness (QED) is 0.653. The molecule has 21 heavy (non-hydrogen) atoms. The number of aryl methyl sites for hydroxylation is 1. The lowest BCUT2D eigenvalue weighted by Crippen LogP contribution is -2.07. The minimum Gasteiger partial charge on any atom is -0.464 e. The topological polar surface area (TPSA) is 68.3 Å². The van der Waals surface area contributed by atoms with Crippen molar-refractivity contribution in [2.75, 3.05) is 12.4 Å². The van der Waals surface area contributed by atoms with Gasteiger partial charge in [-0.05, 0) is 24.6 Å². The number of carbonyl (C=O) groups excluding carboxylic acids is 2. The predicted octanol–water partition coefficient (Wildman–Crippen LogP) is 3.95. The van der Waals surface area contributed by atoms with Gasteiger partial charge in [0.05, 0.1) is 7.11 Å². The van der Waals surface area contributed by atoms with E-state index in [2.05, 4.69) is 31.0 Å². The molecule has 0 bridgehead atoms. The normalized spacial score (nSPS) is 10.3. The van der Waals surface area contributed by atoms with E-state index in [0.717, 1.165) is 27.1 Å². The van der Waals surface area contributed by atoms with E-state index < -0.39 is 5.97 Å². The second kappa shape index (κ2) is 6.36. The van der Waals surface area contributed by atoms with Crippen LogP contribution in [0.5, 0.6) is 0 Å². The van der Waals surface area contributed by atoms with Crippen LogP contribution in [0.1, 0.15) is 32.6 Å². The average Bonchev–Trinajstić information content (AvgIpc) is 2.86. The van der Waals surface area contributed by atoms with Crippen LogP contribution in [0.15, 0.2) is 22.7 Å². The van der Waals surface area contributed by atoms with Crippen molar-refractivity contribution in [2.24, 2.45) is 0 Å². The van der Waals surface area contributed by atoms with E-state index in [-0.39, 0.29) is 16.4 Å². The van der Waals surface area contributed by atoms with E-state index in [1.54, 1.807) is 0 Å². The first-order valence-electron chi connectivity index (χ1n) is 6.05. The van der Waals surface area contributed by atoms with Crippen LogP contribution in [0.2, 0.25) is 0 Å². The second-order valence-electron chi connectivity index (χ2n) is 4.33. The molecule has 0 aliphatic rings. The molecule has 0 unspecified atom stereocenters. The number of ether oxygens (including phenoxy) is 1. The minimum atomic E-state index is -0.616. The predicted molar refractivity (Wildman–Crippen MR) is 85.6 cm³/mol. The molecule has 2 aromatic rings. The summed E-state index contributed by atoms with van der Waals surface area (Å²) in [7, 11) is 1.26. The molecule has 7 heteroatoms. The third kappa shape index (κ3) is 3.48. The molecule has 2 rings (SSSR count). The molecule has 5 nitrogen and oxygen atoms in total. The molecular weight excluding hydrogens is 356 g/mol. The molecule has 0 fully saturated rings. The van der Waals surface area contributed by atoms with Crippen molar-refractivity contribution in [3.8, 4) is 0 Å². The van der Waals surface area contributed by atoms with Gasteiger partial charge < -0.3 is 10.1 Å². The van der Waals surface area contributed by atoms with Crippen LogP contribution in [0.25, 0.3) is 0 Å². The Hall–Kier alpha value is -1.73. The molecule has 1 N–H and O–H groups in total. The lowest BCUT2D eigenvalue weighted by Gasteiger charge is -2.04. The van der Waals surface area contributed by atoms with Crippen molar-refractivity contribution in [3.63, 3.8) is 0 Å². The fourth-order valence-electron chi connectivity index (χ4n) is 1.64. The molecule has 0 aliphatic carbocycles. The summed E-state index contributed by atoms with van der Waals surface area (Å²) in [6.45, 7) is 3.38. The lowest BCUT2D eigenvalue weighted by molar-refractivity contribution is 0.0591. The number of anilines is 2. The molecular formula is C14H13BrN2O3S. The minimum absolute atomic E-state index is 0.0451. The van der Waals surface area contributed by atoms with Crippen LogP contribution in [-0.2, 0) is 4.74 Å². The molecule has 0 saturated heterocycles. The standard InChI is InChI=1S/C14H13BrN2O3S/c1-7-4-5-9(6-10(7)15)16-14-17-11(13(19)20-3)12(21-14)8(2)18/h4-6H,1-3H3,(H,16,17). The Bertz CT molecular complexity index is 712. The number of aromatic nitrogens is 1. The summed E-state index contributed by atoms with van der Waals surface area (Å²) in [6.07, 6.45) is 0. The van der Waals surface area contributed by atoms with E-state index in [1.165, 1.54) is 14.0 Å². The average molecular weight is 369 g/mol. The summed E-state index contributed by atoms with van der Waals surface area (Å²) in [6, 6.07) is 5.75. The van der Waals surface area contributed by atoms with E-state index in [4.69, 9.17) is 0 Å². The maximum Gasteiger partial charge on any atom is 0.358 e. The van der Waals surface area contributed by atoms with Crippen LogP contribution >= 0.6 is 27.3 Å². The van der Waals surface area contributed by atoms with Gasteiger partial charge in [-0.25, -0.2) is 9.78 Å². The van der Waals surface area contributed by atoms with Gasteiger partial charge in [0, 0.05) is 17.1 Å². The molecule has 1 aromatic heterocycles. The molecule has 110 valence electrons. The molecule has 1 aromatic carbocycles. The zero-order valence-electron chi connectivity index (χ0n) is 11.7. The van der Waals surface area contributed by atoms with Crippen molar-refractivity contribution in [3.05, 3.63) is 38.8 Å². The van der Waals surface area contributed by atoms with E-state index in [1.807, 2.05) is 25.1 Å². The van der Waals surface area contributed by atoms with Crippen molar-refractivity contribution < 1.29 is 14.3 Å². The molecule has 0 radical (unpaired) electrons. The number of ketones is 1. The number of rotatable bonds is 4. The van der Waals surface area contributed by atoms with Crippen LogP contribution in [0, 0.1) is 6.92 Å². The fraction of sp³-hybridized carbons (Fsp3) is 0.214. The Kier molecular flexibility index (Phi) is 4.74. The number of methoxy groups -OCH3 is 1. The van der Waals surface area contributed by atoms with Crippen molar-refractivity contribution in [1.82, 2.24) is 4.98 Å². The highest BCUT2D eigenvalue weighted by Gasteiger charge is 2.21. The second-order valence-corrected chi connectivity index (χ2v) is 6.19. The molecule has 0 atom stereocenters. The van der Waals surface area contributed by atoms with Gasteiger partial charge in [0.1, 0.15) is 4.88 Å². The van der Waals surface area contributed by atoms with Crippen LogP contribution in [-0.4, -0.2) is 23.8 Å². The Balaban J connectivity index is 2.34. The first-order chi connectivity index (χ1) is 9.92. The summed E-state index contributed by atoms with van der Waals surface area (Å²) in [5.74, 6) is -0.833. The summed E-state index contributed by atoms with van der Waals surface area (Å²) in [5, 5.41) is 3.55. The number of carbonyl (C=O) groups is 2. The summed E-state index contributed by atoms with van der Waals surface area (Å²) in [5.41, 5.74) is 1.97. The SMILES string of the molecule is COC(=O)c1nc(Nc2ccc(C)c(Br)c2)sc1C(C)=O. The third-order valence-corrected chi connectivity index (χ3v) is 4.67. The number of halogens is 1. The number of esters is 1. The zero-order chi connectivity index (χ0) is 15.6. The van der Waals surface area contributed by atoms with Gasteiger partial charge in [-0.2, -0.15) is 0 Å². The Morgan fingerprint density at radius 3 is 2.67 bits per heavy atom. The van der Waals surface area contributed by atoms with Gasteiger partial charge in [0.15, 0.2) is 16.6 Å². The Labute approximate surface area is 134 Å². The molecule has 1 heterocycles. The van der Waals surface area contributed by atoms with Gasteiger partial charge >= 0.3 is 5.97 Å². The first kappa shape index (κ1) is 15.7. The number of thiazole rings is 1. The van der Waals surface area contributed by atoms with Gasteiger partial charge in [-0.15, -0.1) is 0 Å². The number of benzene rings is 1. The highest BCUT2D eigenvalue weighted by molar-refractivity contribution is 9.10. The third-order valence-electron chi connectivity index (χ3n) is 2.75. The van der Waals surface area contributed by atoms with Gasteiger partial charge in [-0.1, -0.05) is 33.3 Å². The maximum absolute atomic E-state index is 11.6. The monoisotopic (exact) mass is 368 g/mol. The van der Waals surface area contributed by atoms with E-state index >= 15 is 0 Å². The highest BCUT2D eigenvalue weighted by Crippen LogP contribution is 2.29. The number of nitrogens with one attached hydrogen (secondary N) is 1.